The standard InChI is InChI=1S/C19H26FN3O2/c1-19(21)8-3-2-7-16(19)18(25)23-10-9-22(17(24)13-23)12-14-5-4-6-15(20)11-14/h4-6,11,16H,2-3,7-10,12-13,21H2,1H3. The van der Waals surface area contributed by atoms with Gasteiger partial charge < -0.3 is 15.5 Å². The minimum absolute atomic E-state index is 0.00320. The third kappa shape index (κ3) is 4.00. The van der Waals surface area contributed by atoms with Crippen LogP contribution in [0.15, 0.2) is 24.3 Å². The summed E-state index contributed by atoms with van der Waals surface area (Å²) in [5, 5.41) is 0. The summed E-state index contributed by atoms with van der Waals surface area (Å²) in [6, 6.07) is 6.26. The Morgan fingerprint density at radius 2 is 2.16 bits per heavy atom. The molecular formula is C19H26FN3O2. The molecule has 1 aliphatic heterocycles. The van der Waals surface area contributed by atoms with E-state index >= 15 is 0 Å². The lowest BCUT2D eigenvalue weighted by Crippen LogP contribution is -2.58. The fraction of sp³-hybridized carbons (Fsp3) is 0.579. The molecule has 1 saturated carbocycles. The van der Waals surface area contributed by atoms with Gasteiger partial charge in [0.2, 0.25) is 11.8 Å². The van der Waals surface area contributed by atoms with Crippen molar-refractivity contribution in [1.82, 2.24) is 9.80 Å². The lowest BCUT2D eigenvalue weighted by molar-refractivity contribution is -0.150. The number of halogens is 1. The lowest BCUT2D eigenvalue weighted by atomic mass is 9.74. The molecule has 5 nitrogen and oxygen atoms in total. The normalized spacial score (nSPS) is 27.5. The molecule has 1 heterocycles. The molecule has 0 radical (unpaired) electrons. The van der Waals surface area contributed by atoms with Crippen LogP contribution in [0.3, 0.4) is 0 Å². The van der Waals surface area contributed by atoms with E-state index in [0.717, 1.165) is 31.2 Å². The van der Waals surface area contributed by atoms with Gasteiger partial charge in [-0.1, -0.05) is 25.0 Å². The molecule has 1 aliphatic carbocycles. The molecule has 1 aromatic rings. The third-order valence-corrected chi connectivity index (χ3v) is 5.45. The first-order valence-electron chi connectivity index (χ1n) is 8.97. The maximum absolute atomic E-state index is 13.3. The molecule has 2 N–H and O–H groups in total. The summed E-state index contributed by atoms with van der Waals surface area (Å²) in [5.41, 5.74) is 6.60. The SMILES string of the molecule is CC1(N)CCCCC1C(=O)N1CCN(Cc2cccc(F)c2)C(=O)C1. The van der Waals surface area contributed by atoms with E-state index in [4.69, 9.17) is 5.73 Å². The predicted octanol–water partition coefficient (Wildman–Crippen LogP) is 1.90. The second-order valence-electron chi connectivity index (χ2n) is 7.51. The molecule has 136 valence electrons. The minimum Gasteiger partial charge on any atom is -0.335 e. The number of piperazine rings is 1. The first-order valence-corrected chi connectivity index (χ1v) is 8.97. The summed E-state index contributed by atoms with van der Waals surface area (Å²) < 4.78 is 13.3. The molecule has 0 aromatic heterocycles. The van der Waals surface area contributed by atoms with Crippen LogP contribution in [0.1, 0.15) is 38.2 Å². The number of rotatable bonds is 3. The van der Waals surface area contributed by atoms with Crippen LogP contribution in [-0.4, -0.2) is 46.8 Å². The average Bonchev–Trinajstić information content (AvgIpc) is 2.56. The number of nitrogens with zero attached hydrogens (tertiary/aromatic N) is 2. The molecule has 25 heavy (non-hydrogen) atoms. The van der Waals surface area contributed by atoms with E-state index in [1.807, 2.05) is 6.92 Å². The molecule has 2 aliphatic rings. The highest BCUT2D eigenvalue weighted by Crippen LogP contribution is 2.33. The highest BCUT2D eigenvalue weighted by molar-refractivity contribution is 5.87. The van der Waals surface area contributed by atoms with Crippen molar-refractivity contribution in [2.45, 2.75) is 44.7 Å². The van der Waals surface area contributed by atoms with Crippen LogP contribution < -0.4 is 5.73 Å². The molecule has 6 heteroatoms. The fourth-order valence-electron chi connectivity index (χ4n) is 3.90. The van der Waals surface area contributed by atoms with Gasteiger partial charge in [-0.3, -0.25) is 9.59 Å². The summed E-state index contributed by atoms with van der Waals surface area (Å²) >= 11 is 0. The maximum atomic E-state index is 13.3. The van der Waals surface area contributed by atoms with E-state index in [-0.39, 0.29) is 30.1 Å². The number of hydrogen-bond donors (Lipinski definition) is 1. The number of carbonyl (C=O) groups is 2. The lowest BCUT2D eigenvalue weighted by Gasteiger charge is -2.42. The quantitative estimate of drug-likeness (QED) is 0.908. The molecule has 2 unspecified atom stereocenters. The largest absolute Gasteiger partial charge is 0.335 e. The summed E-state index contributed by atoms with van der Waals surface area (Å²) in [4.78, 5) is 28.6. The monoisotopic (exact) mass is 347 g/mol. The number of hydrogen-bond acceptors (Lipinski definition) is 3. The Kier molecular flexibility index (Phi) is 5.08. The van der Waals surface area contributed by atoms with E-state index in [9.17, 15) is 14.0 Å². The molecule has 2 fully saturated rings. The third-order valence-electron chi connectivity index (χ3n) is 5.45. The number of carbonyl (C=O) groups excluding carboxylic acids is 2. The summed E-state index contributed by atoms with van der Waals surface area (Å²) in [6.45, 7) is 3.37. The van der Waals surface area contributed by atoms with Crippen LogP contribution in [-0.2, 0) is 16.1 Å². The first-order chi connectivity index (χ1) is 11.9. The van der Waals surface area contributed by atoms with Gasteiger partial charge in [-0.05, 0) is 37.5 Å². The summed E-state index contributed by atoms with van der Waals surface area (Å²) in [7, 11) is 0. The van der Waals surface area contributed by atoms with Gasteiger partial charge in [0.05, 0.1) is 12.5 Å². The van der Waals surface area contributed by atoms with Crippen LogP contribution in [0.4, 0.5) is 4.39 Å². The van der Waals surface area contributed by atoms with E-state index in [2.05, 4.69) is 0 Å². The van der Waals surface area contributed by atoms with Crippen LogP contribution in [0.5, 0.6) is 0 Å². The van der Waals surface area contributed by atoms with Crippen LogP contribution >= 0.6 is 0 Å². The minimum atomic E-state index is -0.489. The summed E-state index contributed by atoms with van der Waals surface area (Å²) in [6.07, 6.45) is 3.70. The van der Waals surface area contributed by atoms with Crippen molar-refractivity contribution in [2.24, 2.45) is 11.7 Å². The van der Waals surface area contributed by atoms with Gasteiger partial charge in [0.15, 0.2) is 0 Å². The first kappa shape index (κ1) is 17.9. The molecule has 2 amide bonds. The topological polar surface area (TPSA) is 66.6 Å². The Morgan fingerprint density at radius 3 is 2.84 bits per heavy atom. The number of amides is 2. The van der Waals surface area contributed by atoms with Crippen LogP contribution in [0.25, 0.3) is 0 Å². The Balaban J connectivity index is 1.61. The van der Waals surface area contributed by atoms with Crippen molar-refractivity contribution in [2.75, 3.05) is 19.6 Å². The van der Waals surface area contributed by atoms with Crippen molar-refractivity contribution >= 4 is 11.8 Å². The highest BCUT2D eigenvalue weighted by atomic mass is 19.1. The maximum Gasteiger partial charge on any atom is 0.242 e. The van der Waals surface area contributed by atoms with Gasteiger partial charge in [0, 0.05) is 25.2 Å². The van der Waals surface area contributed by atoms with E-state index < -0.39 is 5.54 Å². The van der Waals surface area contributed by atoms with Crippen molar-refractivity contribution < 1.29 is 14.0 Å². The zero-order valence-corrected chi connectivity index (χ0v) is 14.7. The Labute approximate surface area is 148 Å². The Morgan fingerprint density at radius 1 is 1.36 bits per heavy atom. The van der Waals surface area contributed by atoms with Gasteiger partial charge in [0.1, 0.15) is 5.82 Å². The molecule has 0 bridgehead atoms. The van der Waals surface area contributed by atoms with Crippen molar-refractivity contribution in [3.63, 3.8) is 0 Å². The molecule has 1 aromatic carbocycles. The fourth-order valence-corrected chi connectivity index (χ4v) is 3.90. The van der Waals surface area contributed by atoms with Crippen molar-refractivity contribution in [3.8, 4) is 0 Å². The Hall–Kier alpha value is -1.95. The second kappa shape index (κ2) is 7.12. The van der Waals surface area contributed by atoms with Crippen molar-refractivity contribution in [1.29, 1.82) is 0 Å². The predicted molar refractivity (Wildman–Crippen MR) is 92.9 cm³/mol. The molecular weight excluding hydrogens is 321 g/mol. The Bertz CT molecular complexity index is 662. The number of benzene rings is 1. The second-order valence-corrected chi connectivity index (χ2v) is 7.51. The number of nitrogens with two attached hydrogens (primary N) is 1. The van der Waals surface area contributed by atoms with Crippen molar-refractivity contribution in [3.05, 3.63) is 35.6 Å². The van der Waals surface area contributed by atoms with Gasteiger partial charge in [-0.25, -0.2) is 4.39 Å². The van der Waals surface area contributed by atoms with Crippen LogP contribution in [0, 0.1) is 11.7 Å². The van der Waals surface area contributed by atoms with Gasteiger partial charge >= 0.3 is 0 Å². The van der Waals surface area contributed by atoms with Crippen LogP contribution in [0.2, 0.25) is 0 Å². The van der Waals surface area contributed by atoms with E-state index in [1.165, 1.54) is 12.1 Å². The van der Waals surface area contributed by atoms with E-state index in [1.54, 1.807) is 21.9 Å². The van der Waals surface area contributed by atoms with Gasteiger partial charge in [-0.2, -0.15) is 0 Å². The zero-order chi connectivity index (χ0) is 18.0. The zero-order valence-electron chi connectivity index (χ0n) is 14.7. The molecule has 1 saturated heterocycles. The summed E-state index contributed by atoms with van der Waals surface area (Å²) in [5.74, 6) is -0.607. The van der Waals surface area contributed by atoms with E-state index in [0.29, 0.717) is 19.6 Å². The molecule has 3 rings (SSSR count). The van der Waals surface area contributed by atoms with Gasteiger partial charge in [-0.15, -0.1) is 0 Å². The molecule has 0 spiro atoms. The van der Waals surface area contributed by atoms with Gasteiger partial charge in [0.25, 0.3) is 0 Å². The molecule has 2 atom stereocenters. The smallest absolute Gasteiger partial charge is 0.242 e. The average molecular weight is 347 g/mol. The highest BCUT2D eigenvalue weighted by Gasteiger charge is 2.41.